The molecule has 2 atom stereocenters. The lowest BCUT2D eigenvalue weighted by Gasteiger charge is -2.23. The summed E-state index contributed by atoms with van der Waals surface area (Å²) in [6.45, 7) is 9.29. The second kappa shape index (κ2) is 7.47. The van der Waals surface area contributed by atoms with Gasteiger partial charge in [0.25, 0.3) is 0 Å². The van der Waals surface area contributed by atoms with Crippen LogP contribution >= 0.6 is 0 Å². The van der Waals surface area contributed by atoms with Crippen LogP contribution in [0.3, 0.4) is 0 Å². The number of esters is 2. The number of carbonyl (C=O) groups is 3. The van der Waals surface area contributed by atoms with Gasteiger partial charge in [-0.15, -0.1) is 0 Å². The van der Waals surface area contributed by atoms with Gasteiger partial charge < -0.3 is 19.1 Å². The summed E-state index contributed by atoms with van der Waals surface area (Å²) < 4.78 is 15.3. The molecule has 1 amide bonds. The Kier molecular flexibility index (Phi) is 6.20. The minimum absolute atomic E-state index is 0.0945. The van der Waals surface area contributed by atoms with Crippen molar-refractivity contribution in [1.82, 2.24) is 4.90 Å². The summed E-state index contributed by atoms with van der Waals surface area (Å²) in [5.74, 6) is -2.45. The molecular formula is C15H25NO6. The number of hydrogen-bond acceptors (Lipinski definition) is 6. The quantitative estimate of drug-likeness (QED) is 0.579. The topological polar surface area (TPSA) is 82.1 Å². The van der Waals surface area contributed by atoms with Crippen LogP contribution < -0.4 is 0 Å². The average Bonchev–Trinajstić information content (AvgIpc) is 2.82. The van der Waals surface area contributed by atoms with Crippen LogP contribution in [-0.4, -0.2) is 54.8 Å². The molecule has 0 aromatic heterocycles. The zero-order valence-electron chi connectivity index (χ0n) is 13.9. The lowest BCUT2D eigenvalue weighted by molar-refractivity contribution is -0.165. The maximum Gasteiger partial charge on any atom is 0.409 e. The van der Waals surface area contributed by atoms with Gasteiger partial charge in [-0.3, -0.25) is 9.59 Å². The van der Waals surface area contributed by atoms with Crippen molar-refractivity contribution in [1.29, 1.82) is 0 Å². The first kappa shape index (κ1) is 18.3. The third kappa shape index (κ3) is 4.89. The van der Waals surface area contributed by atoms with Crippen molar-refractivity contribution >= 4 is 18.0 Å². The third-order valence-electron chi connectivity index (χ3n) is 3.14. The monoisotopic (exact) mass is 315 g/mol. The lowest BCUT2D eigenvalue weighted by atomic mass is 9.96. The summed E-state index contributed by atoms with van der Waals surface area (Å²) in [5, 5.41) is 0. The third-order valence-corrected chi connectivity index (χ3v) is 3.14. The molecule has 1 heterocycles. The van der Waals surface area contributed by atoms with Crippen molar-refractivity contribution < 1.29 is 28.6 Å². The first-order valence-corrected chi connectivity index (χ1v) is 7.50. The molecule has 0 N–H and O–H groups in total. The molecule has 126 valence electrons. The molecule has 0 spiro atoms. The van der Waals surface area contributed by atoms with E-state index in [4.69, 9.17) is 14.2 Å². The van der Waals surface area contributed by atoms with Gasteiger partial charge in [-0.1, -0.05) is 0 Å². The highest BCUT2D eigenvalue weighted by Crippen LogP contribution is 2.28. The van der Waals surface area contributed by atoms with E-state index in [2.05, 4.69) is 0 Å². The minimum Gasteiger partial charge on any atom is -0.466 e. The minimum atomic E-state index is -0.734. The van der Waals surface area contributed by atoms with Gasteiger partial charge in [0.2, 0.25) is 0 Å². The van der Waals surface area contributed by atoms with E-state index in [1.807, 2.05) is 0 Å². The predicted octanol–water partition coefficient (Wildman–Crippen LogP) is 1.60. The summed E-state index contributed by atoms with van der Waals surface area (Å²) >= 11 is 0. The van der Waals surface area contributed by atoms with E-state index in [1.165, 1.54) is 4.90 Å². The highest BCUT2D eigenvalue weighted by Gasteiger charge is 2.46. The molecule has 22 heavy (non-hydrogen) atoms. The number of hydrogen-bond donors (Lipinski definition) is 0. The van der Waals surface area contributed by atoms with E-state index in [-0.39, 0.29) is 26.3 Å². The van der Waals surface area contributed by atoms with E-state index in [0.717, 1.165) is 0 Å². The fourth-order valence-electron chi connectivity index (χ4n) is 2.27. The first-order valence-electron chi connectivity index (χ1n) is 7.50. The molecule has 0 radical (unpaired) electrons. The highest BCUT2D eigenvalue weighted by atomic mass is 16.6. The van der Waals surface area contributed by atoms with E-state index in [0.29, 0.717) is 0 Å². The molecular weight excluding hydrogens is 290 g/mol. The number of likely N-dealkylation sites (tertiary alicyclic amines) is 1. The molecule has 1 fully saturated rings. The van der Waals surface area contributed by atoms with Gasteiger partial charge in [0.15, 0.2) is 0 Å². The molecule has 7 nitrogen and oxygen atoms in total. The van der Waals surface area contributed by atoms with Gasteiger partial charge in [-0.2, -0.15) is 0 Å². The van der Waals surface area contributed by atoms with Gasteiger partial charge in [-0.25, -0.2) is 4.79 Å². The Morgan fingerprint density at radius 2 is 1.45 bits per heavy atom. The first-order chi connectivity index (χ1) is 10.2. The molecule has 0 aromatic rings. The van der Waals surface area contributed by atoms with Crippen molar-refractivity contribution in [3.8, 4) is 0 Å². The fraction of sp³-hybridized carbons (Fsp3) is 0.800. The van der Waals surface area contributed by atoms with Crippen molar-refractivity contribution in [3.63, 3.8) is 0 Å². The van der Waals surface area contributed by atoms with Crippen LogP contribution in [0.5, 0.6) is 0 Å². The zero-order chi connectivity index (χ0) is 16.9. The summed E-state index contributed by atoms with van der Waals surface area (Å²) in [6.07, 6.45) is -0.539. The Morgan fingerprint density at radius 1 is 0.955 bits per heavy atom. The molecule has 0 aromatic carbocycles. The molecule has 1 saturated heterocycles. The van der Waals surface area contributed by atoms with E-state index < -0.39 is 35.5 Å². The summed E-state index contributed by atoms with van der Waals surface area (Å²) in [7, 11) is 0. The van der Waals surface area contributed by atoms with E-state index in [9.17, 15) is 14.4 Å². The Hall–Kier alpha value is -1.79. The lowest BCUT2D eigenvalue weighted by Crippen LogP contribution is -2.35. The van der Waals surface area contributed by atoms with Gasteiger partial charge >= 0.3 is 18.0 Å². The molecule has 7 heteroatoms. The molecule has 1 rings (SSSR count). The second-order valence-corrected chi connectivity index (χ2v) is 6.10. The Labute approximate surface area is 130 Å². The largest absolute Gasteiger partial charge is 0.466 e. The van der Waals surface area contributed by atoms with Gasteiger partial charge in [0.05, 0.1) is 25.0 Å². The number of rotatable bonds is 4. The molecule has 0 aliphatic carbocycles. The fourth-order valence-corrected chi connectivity index (χ4v) is 2.27. The van der Waals surface area contributed by atoms with Crippen molar-refractivity contribution in [2.75, 3.05) is 26.3 Å². The summed E-state index contributed by atoms with van der Waals surface area (Å²) in [6, 6.07) is 0. The number of carbonyl (C=O) groups excluding carboxylic acids is 3. The van der Waals surface area contributed by atoms with Gasteiger partial charge in [0.1, 0.15) is 5.60 Å². The summed E-state index contributed by atoms with van der Waals surface area (Å²) in [4.78, 5) is 37.5. The van der Waals surface area contributed by atoms with E-state index in [1.54, 1.807) is 34.6 Å². The van der Waals surface area contributed by atoms with Gasteiger partial charge in [-0.05, 0) is 34.6 Å². The Balaban J connectivity index is 2.87. The predicted molar refractivity (Wildman–Crippen MR) is 78.1 cm³/mol. The second-order valence-electron chi connectivity index (χ2n) is 6.10. The Morgan fingerprint density at radius 3 is 1.91 bits per heavy atom. The SMILES string of the molecule is CCOC(=O)[C@H]1CN(C(=O)OCC)C[C@@H]1C(=O)OC(C)(C)C. The van der Waals surface area contributed by atoms with Gasteiger partial charge in [0, 0.05) is 13.1 Å². The van der Waals surface area contributed by atoms with Crippen molar-refractivity contribution in [2.24, 2.45) is 11.8 Å². The van der Waals surface area contributed by atoms with Crippen LogP contribution in [0, 0.1) is 11.8 Å². The van der Waals surface area contributed by atoms with Crippen molar-refractivity contribution in [2.45, 2.75) is 40.2 Å². The molecule has 0 unspecified atom stereocenters. The smallest absolute Gasteiger partial charge is 0.409 e. The van der Waals surface area contributed by atoms with Crippen molar-refractivity contribution in [3.05, 3.63) is 0 Å². The standard InChI is InChI=1S/C15H25NO6/c1-6-20-12(17)10-8-16(14(19)21-7-2)9-11(10)13(18)22-15(3,4)5/h10-11H,6-9H2,1-5H3/t10-,11-/m0/s1. The normalized spacial score (nSPS) is 21.4. The number of amides is 1. The Bertz CT molecular complexity index is 428. The van der Waals surface area contributed by atoms with Crippen LogP contribution in [-0.2, 0) is 23.8 Å². The van der Waals surface area contributed by atoms with E-state index >= 15 is 0 Å². The number of nitrogens with zero attached hydrogens (tertiary/aromatic N) is 1. The number of ether oxygens (including phenoxy) is 3. The maximum absolute atomic E-state index is 12.3. The van der Waals surface area contributed by atoms with Crippen LogP contribution in [0.1, 0.15) is 34.6 Å². The van der Waals surface area contributed by atoms with Crippen LogP contribution in [0.25, 0.3) is 0 Å². The van der Waals surface area contributed by atoms with Crippen LogP contribution in [0.2, 0.25) is 0 Å². The maximum atomic E-state index is 12.3. The zero-order valence-corrected chi connectivity index (χ0v) is 13.9. The molecule has 1 aliphatic heterocycles. The molecule has 0 saturated carbocycles. The molecule has 1 aliphatic rings. The summed E-state index contributed by atoms with van der Waals surface area (Å²) in [5.41, 5.74) is -0.659. The molecule has 0 bridgehead atoms. The average molecular weight is 315 g/mol. The highest BCUT2D eigenvalue weighted by molar-refractivity contribution is 5.85. The van der Waals surface area contributed by atoms with Crippen LogP contribution in [0.4, 0.5) is 4.79 Å². The van der Waals surface area contributed by atoms with Crippen LogP contribution in [0.15, 0.2) is 0 Å².